The third kappa shape index (κ3) is 3.15. The molecule has 17 heavy (non-hydrogen) atoms. The summed E-state index contributed by atoms with van der Waals surface area (Å²) in [6, 6.07) is -1.29. The smallest absolute Gasteiger partial charge is 0.306 e. The summed E-state index contributed by atoms with van der Waals surface area (Å²) in [5.41, 5.74) is 0. The summed E-state index contributed by atoms with van der Waals surface area (Å²) in [7, 11) is 0. The molecule has 2 saturated carbocycles. The van der Waals surface area contributed by atoms with E-state index in [0.29, 0.717) is 24.8 Å². The maximum absolute atomic E-state index is 12.9. The van der Waals surface area contributed by atoms with Crippen molar-refractivity contribution in [2.75, 3.05) is 6.54 Å². The van der Waals surface area contributed by atoms with Gasteiger partial charge < -0.3 is 5.32 Å². The molecule has 0 aromatic heterocycles. The lowest BCUT2D eigenvalue weighted by Crippen LogP contribution is -2.44. The minimum Gasteiger partial charge on any atom is -0.306 e. The molecule has 4 heteroatoms. The van der Waals surface area contributed by atoms with Crippen molar-refractivity contribution in [2.24, 2.45) is 17.8 Å². The summed E-state index contributed by atoms with van der Waals surface area (Å²) >= 11 is 0. The van der Waals surface area contributed by atoms with Gasteiger partial charge in [-0.1, -0.05) is 13.3 Å². The zero-order chi connectivity index (χ0) is 12.5. The zero-order valence-electron chi connectivity index (χ0n) is 10.4. The van der Waals surface area contributed by atoms with E-state index in [1.807, 2.05) is 6.92 Å². The Morgan fingerprint density at radius 3 is 2.47 bits per heavy atom. The first-order chi connectivity index (χ1) is 8.00. The van der Waals surface area contributed by atoms with Gasteiger partial charge in [0.15, 0.2) is 0 Å². The fourth-order valence-corrected chi connectivity index (χ4v) is 3.62. The van der Waals surface area contributed by atoms with Crippen molar-refractivity contribution in [3.05, 3.63) is 0 Å². The van der Waals surface area contributed by atoms with Crippen LogP contribution in [0.1, 0.15) is 45.4 Å². The van der Waals surface area contributed by atoms with E-state index in [2.05, 4.69) is 5.32 Å². The van der Waals surface area contributed by atoms with E-state index >= 15 is 0 Å². The molecule has 100 valence electrons. The molecule has 0 amide bonds. The molecule has 2 bridgehead atoms. The molecule has 1 N–H and O–H groups in total. The molecular formula is C13H22F3N. The molecule has 0 aliphatic heterocycles. The lowest BCUT2D eigenvalue weighted by Gasteiger charge is -2.28. The lowest BCUT2D eigenvalue weighted by molar-refractivity contribution is -0.160. The number of alkyl halides is 3. The highest BCUT2D eigenvalue weighted by Crippen LogP contribution is 2.50. The number of hydrogen-bond donors (Lipinski definition) is 1. The van der Waals surface area contributed by atoms with Crippen molar-refractivity contribution >= 4 is 0 Å². The van der Waals surface area contributed by atoms with Gasteiger partial charge in [-0.3, -0.25) is 0 Å². The van der Waals surface area contributed by atoms with E-state index in [0.717, 1.165) is 25.2 Å². The SMILES string of the molecule is CCCNC(CC1CC2CCC1C2)C(F)(F)F. The van der Waals surface area contributed by atoms with Crippen LogP contribution in [0.15, 0.2) is 0 Å². The molecule has 2 fully saturated rings. The van der Waals surface area contributed by atoms with Gasteiger partial charge >= 0.3 is 6.18 Å². The standard InChI is InChI=1S/C13H22F3N/c1-2-5-17-12(13(14,15)16)8-11-7-9-3-4-10(11)6-9/h9-12,17H,2-8H2,1H3. The van der Waals surface area contributed by atoms with Crippen molar-refractivity contribution in [1.82, 2.24) is 5.32 Å². The molecule has 2 aliphatic rings. The van der Waals surface area contributed by atoms with Crippen LogP contribution in [0, 0.1) is 17.8 Å². The summed E-state index contributed by atoms with van der Waals surface area (Å²) in [5, 5.41) is 2.67. The predicted octanol–water partition coefficient (Wildman–Crippen LogP) is 3.74. The van der Waals surface area contributed by atoms with Crippen LogP contribution in [0.3, 0.4) is 0 Å². The van der Waals surface area contributed by atoms with Crippen molar-refractivity contribution in [2.45, 2.75) is 57.7 Å². The first-order valence-corrected chi connectivity index (χ1v) is 6.80. The molecule has 0 aromatic rings. The molecule has 0 aromatic carbocycles. The number of halogens is 3. The van der Waals surface area contributed by atoms with Crippen molar-refractivity contribution in [3.8, 4) is 0 Å². The van der Waals surface area contributed by atoms with E-state index in [9.17, 15) is 13.2 Å². The molecule has 2 aliphatic carbocycles. The number of rotatable bonds is 5. The second kappa shape index (κ2) is 5.17. The second-order valence-corrected chi connectivity index (χ2v) is 5.72. The summed E-state index contributed by atoms with van der Waals surface area (Å²) in [6.07, 6.45) is 1.59. The summed E-state index contributed by atoms with van der Waals surface area (Å²) in [5.74, 6) is 1.61. The maximum atomic E-state index is 12.9. The fraction of sp³-hybridized carbons (Fsp3) is 1.00. The van der Waals surface area contributed by atoms with Crippen LogP contribution in [-0.2, 0) is 0 Å². The monoisotopic (exact) mass is 249 g/mol. The first-order valence-electron chi connectivity index (χ1n) is 6.80. The van der Waals surface area contributed by atoms with Gasteiger partial charge in [0.2, 0.25) is 0 Å². The largest absolute Gasteiger partial charge is 0.403 e. The zero-order valence-corrected chi connectivity index (χ0v) is 10.4. The highest BCUT2D eigenvalue weighted by molar-refractivity contribution is 4.92. The van der Waals surface area contributed by atoms with Crippen LogP contribution < -0.4 is 5.32 Å². The molecule has 0 heterocycles. The van der Waals surface area contributed by atoms with Gasteiger partial charge in [-0.15, -0.1) is 0 Å². The van der Waals surface area contributed by atoms with Crippen LogP contribution in [0.5, 0.6) is 0 Å². The van der Waals surface area contributed by atoms with Gasteiger partial charge in [-0.2, -0.15) is 13.2 Å². The highest BCUT2D eigenvalue weighted by Gasteiger charge is 2.45. The maximum Gasteiger partial charge on any atom is 0.403 e. The van der Waals surface area contributed by atoms with E-state index in [1.165, 1.54) is 12.8 Å². The lowest BCUT2D eigenvalue weighted by atomic mass is 9.84. The average molecular weight is 249 g/mol. The Labute approximate surface area is 101 Å². The van der Waals surface area contributed by atoms with Crippen LogP contribution in [0.4, 0.5) is 13.2 Å². The summed E-state index contributed by atoms with van der Waals surface area (Å²) in [6.45, 7) is 2.36. The second-order valence-electron chi connectivity index (χ2n) is 5.72. The summed E-state index contributed by atoms with van der Waals surface area (Å²) < 4.78 is 38.6. The van der Waals surface area contributed by atoms with Gasteiger partial charge in [0.1, 0.15) is 6.04 Å². The van der Waals surface area contributed by atoms with Gasteiger partial charge in [0, 0.05) is 0 Å². The number of fused-ring (bicyclic) bond motifs is 2. The Morgan fingerprint density at radius 2 is 2.00 bits per heavy atom. The van der Waals surface area contributed by atoms with E-state index in [1.54, 1.807) is 0 Å². The molecule has 0 saturated heterocycles. The normalized spacial score (nSPS) is 34.2. The first kappa shape index (κ1) is 13.2. The average Bonchev–Trinajstić information content (AvgIpc) is 2.83. The van der Waals surface area contributed by atoms with Crippen LogP contribution in [-0.4, -0.2) is 18.8 Å². The number of nitrogens with one attached hydrogen (secondary N) is 1. The quantitative estimate of drug-likeness (QED) is 0.782. The van der Waals surface area contributed by atoms with Crippen LogP contribution in [0.25, 0.3) is 0 Å². The predicted molar refractivity (Wildman–Crippen MR) is 61.7 cm³/mol. The Kier molecular flexibility index (Phi) is 4.01. The molecule has 0 radical (unpaired) electrons. The molecule has 4 atom stereocenters. The van der Waals surface area contributed by atoms with Gasteiger partial charge in [0.25, 0.3) is 0 Å². The Hall–Kier alpha value is -0.250. The molecular weight excluding hydrogens is 227 g/mol. The van der Waals surface area contributed by atoms with Crippen molar-refractivity contribution in [3.63, 3.8) is 0 Å². The van der Waals surface area contributed by atoms with Gasteiger partial charge in [0.05, 0.1) is 0 Å². The molecule has 1 nitrogen and oxygen atoms in total. The topological polar surface area (TPSA) is 12.0 Å². The number of hydrogen-bond acceptors (Lipinski definition) is 1. The molecule has 0 spiro atoms. The minimum atomic E-state index is -4.09. The van der Waals surface area contributed by atoms with Gasteiger partial charge in [-0.25, -0.2) is 0 Å². The van der Waals surface area contributed by atoms with E-state index in [4.69, 9.17) is 0 Å². The van der Waals surface area contributed by atoms with Gasteiger partial charge in [-0.05, 0) is 56.4 Å². The van der Waals surface area contributed by atoms with Crippen LogP contribution >= 0.6 is 0 Å². The van der Waals surface area contributed by atoms with Crippen molar-refractivity contribution < 1.29 is 13.2 Å². The minimum absolute atomic E-state index is 0.296. The molecule has 2 rings (SSSR count). The highest BCUT2D eigenvalue weighted by atomic mass is 19.4. The molecule has 4 unspecified atom stereocenters. The fourth-order valence-electron chi connectivity index (χ4n) is 3.62. The third-order valence-electron chi connectivity index (χ3n) is 4.46. The van der Waals surface area contributed by atoms with E-state index < -0.39 is 12.2 Å². The van der Waals surface area contributed by atoms with Crippen molar-refractivity contribution in [1.29, 1.82) is 0 Å². The summed E-state index contributed by atoms with van der Waals surface area (Å²) in [4.78, 5) is 0. The van der Waals surface area contributed by atoms with E-state index in [-0.39, 0.29) is 0 Å². The Balaban J connectivity index is 1.88. The Morgan fingerprint density at radius 1 is 1.24 bits per heavy atom. The Bertz CT molecular complexity index is 252. The van der Waals surface area contributed by atoms with Crippen LogP contribution in [0.2, 0.25) is 0 Å². The third-order valence-corrected chi connectivity index (χ3v) is 4.46.